The average Bonchev–Trinajstić information content (AvgIpc) is 3.18. The van der Waals surface area contributed by atoms with Gasteiger partial charge >= 0.3 is 5.97 Å². The Morgan fingerprint density at radius 3 is 2.65 bits per heavy atom. The van der Waals surface area contributed by atoms with Gasteiger partial charge in [-0.25, -0.2) is 4.39 Å². The molecule has 2 rings (SSSR count). The summed E-state index contributed by atoms with van der Waals surface area (Å²) in [6, 6.07) is 4.36. The lowest BCUT2D eigenvalue weighted by molar-refractivity contribution is -0.138. The number of nitrogens with zero attached hydrogens (tertiary/aromatic N) is 1. The van der Waals surface area contributed by atoms with E-state index >= 15 is 0 Å². The molecule has 0 aromatic heterocycles. The molecular formula is C14H15ClFNO3. The van der Waals surface area contributed by atoms with Crippen LogP contribution in [0.25, 0.3) is 0 Å². The molecule has 0 radical (unpaired) electrons. The van der Waals surface area contributed by atoms with E-state index in [1.807, 2.05) is 0 Å². The summed E-state index contributed by atoms with van der Waals surface area (Å²) < 4.78 is 13.7. The summed E-state index contributed by atoms with van der Waals surface area (Å²) in [5.41, 5.74) is 0.167. The standard InChI is InChI=1S/C14H15ClFNO3/c15-11-2-1-3-12(16)10(11)8-13(18)17(9-4-5-9)7-6-14(19)20/h1-3,9H,4-8H2,(H,19,20). The van der Waals surface area contributed by atoms with E-state index in [9.17, 15) is 14.0 Å². The first kappa shape index (κ1) is 14.8. The molecule has 0 heterocycles. The van der Waals surface area contributed by atoms with Crippen molar-refractivity contribution in [1.82, 2.24) is 4.90 Å². The third-order valence-corrected chi connectivity index (χ3v) is 3.62. The molecule has 0 bridgehead atoms. The van der Waals surface area contributed by atoms with Gasteiger partial charge in [0.15, 0.2) is 0 Å². The number of carbonyl (C=O) groups excluding carboxylic acids is 1. The molecule has 1 N–H and O–H groups in total. The summed E-state index contributed by atoms with van der Waals surface area (Å²) >= 11 is 5.90. The van der Waals surface area contributed by atoms with Crippen LogP contribution in [0.15, 0.2) is 18.2 Å². The van der Waals surface area contributed by atoms with Crippen LogP contribution in [-0.2, 0) is 16.0 Å². The fourth-order valence-electron chi connectivity index (χ4n) is 2.07. The lowest BCUT2D eigenvalue weighted by Crippen LogP contribution is -2.36. The molecule has 0 aliphatic heterocycles. The Hall–Kier alpha value is -1.62. The molecule has 0 saturated heterocycles. The SMILES string of the molecule is O=C(O)CCN(C(=O)Cc1c(F)cccc1Cl)C1CC1. The fraction of sp³-hybridized carbons (Fsp3) is 0.429. The van der Waals surface area contributed by atoms with Crippen molar-refractivity contribution in [2.45, 2.75) is 31.7 Å². The first-order valence-electron chi connectivity index (χ1n) is 6.43. The van der Waals surface area contributed by atoms with Crippen LogP contribution in [0.5, 0.6) is 0 Å². The smallest absolute Gasteiger partial charge is 0.305 e. The minimum Gasteiger partial charge on any atom is -0.481 e. The highest BCUT2D eigenvalue weighted by molar-refractivity contribution is 6.31. The van der Waals surface area contributed by atoms with Gasteiger partial charge in [0.1, 0.15) is 5.82 Å². The predicted molar refractivity (Wildman–Crippen MR) is 72.1 cm³/mol. The van der Waals surface area contributed by atoms with E-state index in [1.54, 1.807) is 0 Å². The first-order valence-corrected chi connectivity index (χ1v) is 6.81. The number of aliphatic carboxylic acids is 1. The van der Waals surface area contributed by atoms with Crippen molar-refractivity contribution in [3.05, 3.63) is 34.6 Å². The number of carboxylic acid groups (broad SMARTS) is 1. The Bertz CT molecular complexity index is 511. The quantitative estimate of drug-likeness (QED) is 0.878. The summed E-state index contributed by atoms with van der Waals surface area (Å²) in [5, 5.41) is 8.92. The van der Waals surface area contributed by atoms with Gasteiger partial charge in [-0.1, -0.05) is 17.7 Å². The van der Waals surface area contributed by atoms with Crippen LogP contribution in [0.2, 0.25) is 5.02 Å². The monoisotopic (exact) mass is 299 g/mol. The Balaban J connectivity index is 2.06. The molecule has 6 heteroatoms. The van der Waals surface area contributed by atoms with Crippen molar-refractivity contribution in [3.63, 3.8) is 0 Å². The number of halogens is 2. The number of carbonyl (C=O) groups is 2. The normalized spacial score (nSPS) is 14.1. The van der Waals surface area contributed by atoms with Crippen LogP contribution in [0, 0.1) is 5.82 Å². The first-order chi connectivity index (χ1) is 9.49. The number of hydrogen-bond donors (Lipinski definition) is 1. The molecule has 1 aromatic rings. The maximum absolute atomic E-state index is 13.7. The third kappa shape index (κ3) is 3.70. The molecule has 0 spiro atoms. The van der Waals surface area contributed by atoms with Crippen LogP contribution in [0.3, 0.4) is 0 Å². The van der Waals surface area contributed by atoms with Gasteiger partial charge in [0.25, 0.3) is 0 Å². The van der Waals surface area contributed by atoms with Crippen LogP contribution in [0.1, 0.15) is 24.8 Å². The number of amides is 1. The zero-order valence-electron chi connectivity index (χ0n) is 10.8. The van der Waals surface area contributed by atoms with Crippen molar-refractivity contribution in [3.8, 4) is 0 Å². The van der Waals surface area contributed by atoms with E-state index in [-0.39, 0.29) is 41.9 Å². The molecule has 20 heavy (non-hydrogen) atoms. The van der Waals surface area contributed by atoms with E-state index < -0.39 is 11.8 Å². The highest BCUT2D eigenvalue weighted by Crippen LogP contribution is 2.28. The molecule has 1 aliphatic carbocycles. The molecule has 108 valence electrons. The molecular weight excluding hydrogens is 285 g/mol. The molecule has 1 amide bonds. The van der Waals surface area contributed by atoms with Gasteiger partial charge in [0, 0.05) is 23.2 Å². The Morgan fingerprint density at radius 2 is 2.10 bits per heavy atom. The van der Waals surface area contributed by atoms with Crippen molar-refractivity contribution >= 4 is 23.5 Å². The fourth-order valence-corrected chi connectivity index (χ4v) is 2.30. The summed E-state index contributed by atoms with van der Waals surface area (Å²) in [5.74, 6) is -1.74. The number of hydrogen-bond acceptors (Lipinski definition) is 2. The minimum atomic E-state index is -0.952. The second-order valence-electron chi connectivity index (χ2n) is 4.84. The maximum atomic E-state index is 13.7. The number of benzene rings is 1. The van der Waals surface area contributed by atoms with E-state index in [0.717, 1.165) is 12.8 Å². The topological polar surface area (TPSA) is 57.6 Å². The van der Waals surface area contributed by atoms with Crippen molar-refractivity contribution in [1.29, 1.82) is 0 Å². The molecule has 0 atom stereocenters. The van der Waals surface area contributed by atoms with Crippen molar-refractivity contribution in [2.24, 2.45) is 0 Å². The van der Waals surface area contributed by atoms with E-state index in [0.29, 0.717) is 0 Å². The molecule has 1 aromatic carbocycles. The second kappa shape index (κ2) is 6.22. The molecule has 1 fully saturated rings. The van der Waals surface area contributed by atoms with Crippen LogP contribution < -0.4 is 0 Å². The molecule has 1 saturated carbocycles. The van der Waals surface area contributed by atoms with Gasteiger partial charge in [-0.3, -0.25) is 9.59 Å². The average molecular weight is 300 g/mol. The van der Waals surface area contributed by atoms with E-state index in [2.05, 4.69) is 0 Å². The van der Waals surface area contributed by atoms with Gasteiger partial charge in [-0.2, -0.15) is 0 Å². The largest absolute Gasteiger partial charge is 0.481 e. The van der Waals surface area contributed by atoms with Gasteiger partial charge < -0.3 is 10.0 Å². The van der Waals surface area contributed by atoms with Crippen LogP contribution in [0.4, 0.5) is 4.39 Å². The van der Waals surface area contributed by atoms with Crippen LogP contribution in [-0.4, -0.2) is 34.5 Å². The highest BCUT2D eigenvalue weighted by atomic mass is 35.5. The lowest BCUT2D eigenvalue weighted by atomic mass is 10.1. The second-order valence-corrected chi connectivity index (χ2v) is 5.25. The zero-order valence-corrected chi connectivity index (χ0v) is 11.6. The van der Waals surface area contributed by atoms with Crippen molar-refractivity contribution in [2.75, 3.05) is 6.54 Å². The summed E-state index contributed by atoms with van der Waals surface area (Å²) in [6.45, 7) is 0.158. The van der Waals surface area contributed by atoms with E-state index in [1.165, 1.54) is 23.1 Å². The van der Waals surface area contributed by atoms with Crippen LogP contribution >= 0.6 is 11.6 Å². The summed E-state index contributed by atoms with van der Waals surface area (Å²) in [6.07, 6.45) is 1.50. The van der Waals surface area contributed by atoms with Gasteiger partial charge in [-0.05, 0) is 25.0 Å². The number of carboxylic acids is 1. The van der Waals surface area contributed by atoms with Crippen molar-refractivity contribution < 1.29 is 19.1 Å². The Labute approximate surface area is 121 Å². The number of rotatable bonds is 6. The maximum Gasteiger partial charge on any atom is 0.305 e. The molecule has 4 nitrogen and oxygen atoms in total. The summed E-state index contributed by atoms with van der Waals surface area (Å²) in [4.78, 5) is 24.4. The lowest BCUT2D eigenvalue weighted by Gasteiger charge is -2.22. The molecule has 1 aliphatic rings. The molecule has 0 unspecified atom stereocenters. The Morgan fingerprint density at radius 1 is 1.40 bits per heavy atom. The summed E-state index contributed by atoms with van der Waals surface area (Å²) in [7, 11) is 0. The van der Waals surface area contributed by atoms with Gasteiger partial charge in [0.05, 0.1) is 12.8 Å². The zero-order chi connectivity index (χ0) is 14.7. The Kier molecular flexibility index (Phi) is 4.60. The third-order valence-electron chi connectivity index (χ3n) is 3.26. The minimum absolute atomic E-state index is 0.0902. The highest BCUT2D eigenvalue weighted by Gasteiger charge is 2.33. The predicted octanol–water partition coefficient (Wildman–Crippen LogP) is 2.49. The van der Waals surface area contributed by atoms with E-state index in [4.69, 9.17) is 16.7 Å². The van der Waals surface area contributed by atoms with Gasteiger partial charge in [0.2, 0.25) is 5.91 Å². The van der Waals surface area contributed by atoms with Gasteiger partial charge in [-0.15, -0.1) is 0 Å².